The van der Waals surface area contributed by atoms with E-state index >= 15 is 0 Å². The number of aromatic nitrogens is 1. The lowest BCUT2D eigenvalue weighted by atomic mass is 9.96. The Kier molecular flexibility index (Phi) is 5.43. The average Bonchev–Trinajstić information content (AvgIpc) is 3.05. The summed E-state index contributed by atoms with van der Waals surface area (Å²) >= 11 is 0. The molecule has 1 saturated heterocycles. The Morgan fingerprint density at radius 3 is 2.93 bits per heavy atom. The Balaban J connectivity index is 1.66. The molecule has 3 rings (SSSR count). The Labute approximate surface area is 155 Å². The van der Waals surface area contributed by atoms with Gasteiger partial charge < -0.3 is 15.1 Å². The summed E-state index contributed by atoms with van der Waals surface area (Å²) in [5.41, 5.74) is 0.260. The van der Waals surface area contributed by atoms with Gasteiger partial charge in [-0.15, -0.1) is 0 Å². The third-order valence-corrected chi connectivity index (χ3v) is 4.91. The molecule has 0 saturated carbocycles. The van der Waals surface area contributed by atoms with Gasteiger partial charge in [0.05, 0.1) is 18.0 Å². The zero-order valence-corrected chi connectivity index (χ0v) is 15.3. The van der Waals surface area contributed by atoms with E-state index in [2.05, 4.69) is 20.5 Å². The second-order valence-electron chi connectivity index (χ2n) is 7.19. The molecular formula is C18H23F3N4O2. The predicted octanol–water partition coefficient (Wildman–Crippen LogP) is 2.41. The number of furan rings is 1. The van der Waals surface area contributed by atoms with Gasteiger partial charge in [0.2, 0.25) is 5.91 Å². The number of alkyl halides is 3. The summed E-state index contributed by atoms with van der Waals surface area (Å²) in [5, 5.41) is 6.33. The number of carbonyl (C=O) groups is 1. The summed E-state index contributed by atoms with van der Waals surface area (Å²) in [7, 11) is 0. The number of carbonyl (C=O) groups excluding carboxylic acids is 1. The van der Waals surface area contributed by atoms with Crippen molar-refractivity contribution in [2.75, 3.05) is 26.2 Å². The summed E-state index contributed by atoms with van der Waals surface area (Å²) in [6.45, 7) is 5.21. The van der Waals surface area contributed by atoms with E-state index in [1.165, 1.54) is 0 Å². The fourth-order valence-corrected chi connectivity index (χ4v) is 3.23. The van der Waals surface area contributed by atoms with E-state index < -0.39 is 36.6 Å². The van der Waals surface area contributed by atoms with Crippen LogP contribution in [0.1, 0.15) is 26.0 Å². The van der Waals surface area contributed by atoms with Crippen molar-refractivity contribution >= 4 is 16.9 Å². The first-order valence-electron chi connectivity index (χ1n) is 8.84. The molecule has 6 nitrogen and oxygen atoms in total. The molecule has 1 aliphatic heterocycles. The number of rotatable bonds is 5. The van der Waals surface area contributed by atoms with E-state index in [1.807, 2.05) is 19.9 Å². The van der Waals surface area contributed by atoms with Crippen LogP contribution in [0, 0.1) is 0 Å². The van der Waals surface area contributed by atoms with Crippen molar-refractivity contribution in [3.8, 4) is 0 Å². The lowest BCUT2D eigenvalue weighted by molar-refractivity contribution is -0.136. The molecule has 148 valence electrons. The van der Waals surface area contributed by atoms with E-state index in [0.29, 0.717) is 19.6 Å². The van der Waals surface area contributed by atoms with Gasteiger partial charge >= 0.3 is 6.18 Å². The molecule has 0 aliphatic carbocycles. The maximum Gasteiger partial charge on any atom is 0.390 e. The molecule has 0 bridgehead atoms. The monoisotopic (exact) mass is 384 g/mol. The van der Waals surface area contributed by atoms with Crippen molar-refractivity contribution < 1.29 is 22.4 Å². The highest BCUT2D eigenvalue weighted by Crippen LogP contribution is 2.32. The van der Waals surface area contributed by atoms with Gasteiger partial charge in [-0.05, 0) is 26.0 Å². The first-order chi connectivity index (χ1) is 12.7. The van der Waals surface area contributed by atoms with Crippen LogP contribution in [0.15, 0.2) is 28.9 Å². The van der Waals surface area contributed by atoms with Crippen LogP contribution in [-0.4, -0.2) is 54.2 Å². The lowest BCUT2D eigenvalue weighted by Crippen LogP contribution is -2.60. The van der Waals surface area contributed by atoms with Crippen LogP contribution in [0.3, 0.4) is 0 Å². The quantitative estimate of drug-likeness (QED) is 0.829. The van der Waals surface area contributed by atoms with Crippen LogP contribution in [0.5, 0.6) is 0 Å². The molecule has 1 atom stereocenters. The minimum Gasteiger partial charge on any atom is -0.459 e. The van der Waals surface area contributed by atoms with Crippen LogP contribution >= 0.6 is 0 Å². The standard InChI is InChI=1S/C18H23F3N4O2/c1-17(2,15-9-12-10-22-5-3-14(12)27-15)25-8-7-23-13(11-25)16(26)24-6-4-18(19,20)21/h3,5,9-10,13,23H,4,6-8,11H2,1-2H3,(H,24,26)/t13-/m0/s1. The summed E-state index contributed by atoms with van der Waals surface area (Å²) < 4.78 is 42.7. The molecule has 1 aliphatic rings. The van der Waals surface area contributed by atoms with Gasteiger partial charge in [-0.3, -0.25) is 14.7 Å². The van der Waals surface area contributed by atoms with Gasteiger partial charge in [-0.25, -0.2) is 0 Å². The largest absolute Gasteiger partial charge is 0.459 e. The molecule has 2 aromatic heterocycles. The zero-order chi connectivity index (χ0) is 19.7. The highest BCUT2D eigenvalue weighted by atomic mass is 19.4. The van der Waals surface area contributed by atoms with Crippen LogP contribution in [0.4, 0.5) is 13.2 Å². The smallest absolute Gasteiger partial charge is 0.390 e. The van der Waals surface area contributed by atoms with E-state index in [4.69, 9.17) is 4.42 Å². The first-order valence-corrected chi connectivity index (χ1v) is 8.84. The molecular weight excluding hydrogens is 361 g/mol. The molecule has 0 radical (unpaired) electrons. The van der Waals surface area contributed by atoms with E-state index in [9.17, 15) is 18.0 Å². The van der Waals surface area contributed by atoms with Crippen molar-refractivity contribution in [1.82, 2.24) is 20.5 Å². The van der Waals surface area contributed by atoms with Gasteiger partial charge in [-0.2, -0.15) is 13.2 Å². The lowest BCUT2D eigenvalue weighted by Gasteiger charge is -2.42. The Morgan fingerprint density at radius 2 is 2.22 bits per heavy atom. The van der Waals surface area contributed by atoms with Gasteiger partial charge in [0.25, 0.3) is 0 Å². The molecule has 0 aromatic carbocycles. The number of nitrogens with one attached hydrogen (secondary N) is 2. The molecule has 2 aromatic rings. The van der Waals surface area contributed by atoms with E-state index in [-0.39, 0.29) is 0 Å². The number of nitrogens with zero attached hydrogens (tertiary/aromatic N) is 2. The van der Waals surface area contributed by atoms with Gasteiger partial charge in [0.1, 0.15) is 11.3 Å². The van der Waals surface area contributed by atoms with Crippen molar-refractivity contribution in [2.24, 2.45) is 0 Å². The van der Waals surface area contributed by atoms with Crippen LogP contribution in [-0.2, 0) is 10.3 Å². The molecule has 0 unspecified atom stereocenters. The third-order valence-electron chi connectivity index (χ3n) is 4.91. The molecule has 1 amide bonds. The molecule has 0 spiro atoms. The highest BCUT2D eigenvalue weighted by Gasteiger charge is 2.37. The summed E-state index contributed by atoms with van der Waals surface area (Å²) in [5.74, 6) is 0.331. The molecule has 27 heavy (non-hydrogen) atoms. The molecule has 9 heteroatoms. The Hall–Kier alpha value is -2.13. The zero-order valence-electron chi connectivity index (χ0n) is 15.3. The number of piperazine rings is 1. The molecule has 1 fully saturated rings. The highest BCUT2D eigenvalue weighted by molar-refractivity contribution is 5.82. The fourth-order valence-electron chi connectivity index (χ4n) is 3.23. The SMILES string of the molecule is CC(C)(c1cc2cnccc2o1)N1CCN[C@H](C(=O)NCCC(F)(F)F)C1. The first kappa shape index (κ1) is 19.6. The number of pyridine rings is 1. The summed E-state index contributed by atoms with van der Waals surface area (Å²) in [6.07, 6.45) is -1.92. The Morgan fingerprint density at radius 1 is 1.44 bits per heavy atom. The molecule has 2 N–H and O–H groups in total. The number of amides is 1. The van der Waals surface area contributed by atoms with Crippen molar-refractivity contribution in [3.05, 3.63) is 30.3 Å². The number of fused-ring (bicyclic) bond motifs is 1. The number of hydrogen-bond donors (Lipinski definition) is 2. The average molecular weight is 384 g/mol. The van der Waals surface area contributed by atoms with Gasteiger partial charge in [0.15, 0.2) is 0 Å². The van der Waals surface area contributed by atoms with E-state index in [1.54, 1.807) is 18.5 Å². The minimum absolute atomic E-state index is 0.375. The van der Waals surface area contributed by atoms with Crippen LogP contribution in [0.2, 0.25) is 0 Å². The van der Waals surface area contributed by atoms with Crippen molar-refractivity contribution in [1.29, 1.82) is 0 Å². The molecule has 3 heterocycles. The fraction of sp³-hybridized carbons (Fsp3) is 0.556. The second-order valence-corrected chi connectivity index (χ2v) is 7.19. The minimum atomic E-state index is -4.28. The third kappa shape index (κ3) is 4.59. The summed E-state index contributed by atoms with van der Waals surface area (Å²) in [4.78, 5) is 18.4. The van der Waals surface area contributed by atoms with Crippen LogP contribution < -0.4 is 10.6 Å². The van der Waals surface area contributed by atoms with Crippen molar-refractivity contribution in [2.45, 2.75) is 38.0 Å². The normalized spacial score (nSPS) is 19.4. The number of halogens is 3. The van der Waals surface area contributed by atoms with Crippen LogP contribution in [0.25, 0.3) is 11.0 Å². The van der Waals surface area contributed by atoms with Crippen molar-refractivity contribution in [3.63, 3.8) is 0 Å². The second kappa shape index (κ2) is 7.47. The van der Waals surface area contributed by atoms with Gasteiger partial charge in [0, 0.05) is 44.0 Å². The summed E-state index contributed by atoms with van der Waals surface area (Å²) in [6, 6.07) is 3.16. The van der Waals surface area contributed by atoms with Gasteiger partial charge in [-0.1, -0.05) is 0 Å². The Bertz CT molecular complexity index is 770. The number of hydrogen-bond acceptors (Lipinski definition) is 5. The maximum atomic E-state index is 12.3. The maximum absolute atomic E-state index is 12.3. The van der Waals surface area contributed by atoms with E-state index in [0.717, 1.165) is 16.7 Å². The topological polar surface area (TPSA) is 70.4 Å². The predicted molar refractivity (Wildman–Crippen MR) is 94.1 cm³/mol.